The number of carbonyl (C=O) groups is 3. The minimum absolute atomic E-state index is 0.176. The third-order valence-corrected chi connectivity index (χ3v) is 5.50. The van der Waals surface area contributed by atoms with Crippen LogP contribution in [0.2, 0.25) is 0 Å². The van der Waals surface area contributed by atoms with Gasteiger partial charge in [-0.15, -0.1) is 0 Å². The molecule has 5 heteroatoms. The maximum atomic E-state index is 13.0. The van der Waals surface area contributed by atoms with Crippen LogP contribution in [0.5, 0.6) is 0 Å². The molecule has 0 aliphatic carbocycles. The first-order chi connectivity index (χ1) is 13.9. The van der Waals surface area contributed by atoms with Crippen molar-refractivity contribution in [2.45, 2.75) is 33.6 Å². The van der Waals surface area contributed by atoms with Crippen LogP contribution in [0, 0.1) is 19.8 Å². The summed E-state index contributed by atoms with van der Waals surface area (Å²) in [5, 5.41) is 0. The first-order valence-electron chi connectivity index (χ1n) is 10.0. The van der Waals surface area contributed by atoms with Crippen molar-refractivity contribution >= 4 is 17.7 Å². The van der Waals surface area contributed by atoms with Gasteiger partial charge >= 0.3 is 5.97 Å². The summed E-state index contributed by atoms with van der Waals surface area (Å²) in [6, 6.07) is 12.0. The molecule has 0 radical (unpaired) electrons. The van der Waals surface area contributed by atoms with Gasteiger partial charge in [-0.05, 0) is 55.9 Å². The molecule has 2 aromatic rings. The quantitative estimate of drug-likeness (QED) is 0.570. The largest absolute Gasteiger partial charge is 0.452 e. The molecular formula is C24H27NO4. The highest BCUT2D eigenvalue weighted by Gasteiger charge is 2.24. The van der Waals surface area contributed by atoms with E-state index in [2.05, 4.69) is 6.92 Å². The van der Waals surface area contributed by atoms with E-state index in [-0.39, 0.29) is 29.4 Å². The summed E-state index contributed by atoms with van der Waals surface area (Å²) < 4.78 is 5.27. The fourth-order valence-corrected chi connectivity index (χ4v) is 3.61. The number of benzene rings is 2. The minimum atomic E-state index is -0.656. The molecule has 0 bridgehead atoms. The molecule has 0 aromatic heterocycles. The average Bonchev–Trinajstić information content (AvgIpc) is 2.73. The molecule has 1 unspecified atom stereocenters. The van der Waals surface area contributed by atoms with Crippen molar-refractivity contribution < 1.29 is 19.1 Å². The number of ketones is 1. The van der Waals surface area contributed by atoms with Crippen LogP contribution in [0.15, 0.2) is 42.5 Å². The van der Waals surface area contributed by atoms with Crippen LogP contribution < -0.4 is 0 Å². The molecule has 1 aliphatic rings. The van der Waals surface area contributed by atoms with E-state index >= 15 is 0 Å². The van der Waals surface area contributed by atoms with Crippen LogP contribution in [-0.4, -0.2) is 42.3 Å². The van der Waals surface area contributed by atoms with Gasteiger partial charge < -0.3 is 9.64 Å². The van der Waals surface area contributed by atoms with Gasteiger partial charge in [0.1, 0.15) is 0 Å². The van der Waals surface area contributed by atoms with Crippen molar-refractivity contribution in [1.82, 2.24) is 4.90 Å². The molecule has 1 atom stereocenters. The number of nitrogens with zero attached hydrogens (tertiary/aromatic N) is 1. The summed E-state index contributed by atoms with van der Waals surface area (Å²) in [6.07, 6.45) is 2.08. The van der Waals surface area contributed by atoms with E-state index in [9.17, 15) is 14.4 Å². The maximum Gasteiger partial charge on any atom is 0.339 e. The van der Waals surface area contributed by atoms with E-state index in [0.717, 1.165) is 24.0 Å². The molecule has 1 heterocycles. The Hall–Kier alpha value is -2.95. The summed E-state index contributed by atoms with van der Waals surface area (Å²) in [4.78, 5) is 39.7. The van der Waals surface area contributed by atoms with Gasteiger partial charge in [0.05, 0.1) is 5.56 Å². The van der Waals surface area contributed by atoms with Crippen LogP contribution in [0.25, 0.3) is 0 Å². The third-order valence-electron chi connectivity index (χ3n) is 5.50. The summed E-state index contributed by atoms with van der Waals surface area (Å²) in [5.41, 5.74) is 3.08. The Labute approximate surface area is 171 Å². The normalized spacial score (nSPS) is 16.4. The van der Waals surface area contributed by atoms with Crippen molar-refractivity contribution in [3.63, 3.8) is 0 Å². The number of ether oxygens (including phenoxy) is 1. The fourth-order valence-electron chi connectivity index (χ4n) is 3.61. The van der Waals surface area contributed by atoms with Crippen LogP contribution in [0.1, 0.15) is 57.2 Å². The second-order valence-corrected chi connectivity index (χ2v) is 7.84. The van der Waals surface area contributed by atoms with Gasteiger partial charge in [0, 0.05) is 24.2 Å². The molecule has 3 rings (SSSR count). The number of likely N-dealkylation sites (tertiary alicyclic amines) is 1. The molecule has 1 amide bonds. The molecule has 0 spiro atoms. The Bertz CT molecular complexity index is 934. The van der Waals surface area contributed by atoms with E-state index in [4.69, 9.17) is 4.74 Å². The molecule has 152 valence electrons. The number of esters is 1. The highest BCUT2D eigenvalue weighted by Crippen LogP contribution is 2.19. The van der Waals surface area contributed by atoms with Gasteiger partial charge in [0.15, 0.2) is 12.4 Å². The van der Waals surface area contributed by atoms with Crippen molar-refractivity contribution in [3.8, 4) is 0 Å². The van der Waals surface area contributed by atoms with Gasteiger partial charge in [-0.3, -0.25) is 9.59 Å². The molecular weight excluding hydrogens is 366 g/mol. The molecule has 0 N–H and O–H groups in total. The Morgan fingerprint density at radius 1 is 1.03 bits per heavy atom. The molecule has 29 heavy (non-hydrogen) atoms. The van der Waals surface area contributed by atoms with Gasteiger partial charge in [-0.1, -0.05) is 37.3 Å². The van der Waals surface area contributed by atoms with E-state index < -0.39 is 5.97 Å². The van der Waals surface area contributed by atoms with Crippen LogP contribution in [-0.2, 0) is 9.53 Å². The molecule has 1 saturated heterocycles. The lowest BCUT2D eigenvalue weighted by Crippen LogP contribution is -2.41. The van der Waals surface area contributed by atoms with Crippen LogP contribution >= 0.6 is 0 Å². The summed E-state index contributed by atoms with van der Waals surface area (Å²) in [5.74, 6) is -0.629. The number of piperidine rings is 1. The van der Waals surface area contributed by atoms with Crippen molar-refractivity contribution in [3.05, 3.63) is 70.3 Å². The van der Waals surface area contributed by atoms with Crippen LogP contribution in [0.4, 0.5) is 0 Å². The van der Waals surface area contributed by atoms with E-state index in [1.54, 1.807) is 35.2 Å². The summed E-state index contributed by atoms with van der Waals surface area (Å²) in [7, 11) is 0. The standard InChI is InChI=1S/C24H27NO4/c1-16-7-6-12-25(14-16)22(26)15-29-24(28)21-9-5-4-8-20(21)23(27)19-11-10-17(2)18(3)13-19/h4-5,8-11,13,16H,6-7,12,14-15H2,1-3H3. The first-order valence-corrected chi connectivity index (χ1v) is 10.0. The Kier molecular flexibility index (Phi) is 6.47. The second-order valence-electron chi connectivity index (χ2n) is 7.84. The minimum Gasteiger partial charge on any atom is -0.452 e. The lowest BCUT2D eigenvalue weighted by molar-refractivity contribution is -0.136. The highest BCUT2D eigenvalue weighted by atomic mass is 16.5. The predicted octanol–water partition coefficient (Wildman–Crippen LogP) is 3.95. The lowest BCUT2D eigenvalue weighted by Gasteiger charge is -2.30. The molecule has 2 aromatic carbocycles. The first kappa shape index (κ1) is 20.8. The number of carbonyl (C=O) groups excluding carboxylic acids is 3. The molecule has 1 fully saturated rings. The third kappa shape index (κ3) is 4.91. The van der Waals surface area contributed by atoms with E-state index in [1.807, 2.05) is 26.0 Å². The predicted molar refractivity (Wildman–Crippen MR) is 111 cm³/mol. The topological polar surface area (TPSA) is 63.7 Å². The zero-order chi connectivity index (χ0) is 21.0. The number of rotatable bonds is 5. The Morgan fingerprint density at radius 2 is 1.76 bits per heavy atom. The number of hydrogen-bond acceptors (Lipinski definition) is 4. The molecule has 0 saturated carbocycles. The summed E-state index contributed by atoms with van der Waals surface area (Å²) in [6.45, 7) is 7.12. The number of amides is 1. The summed E-state index contributed by atoms with van der Waals surface area (Å²) >= 11 is 0. The van der Waals surface area contributed by atoms with Gasteiger partial charge in [-0.2, -0.15) is 0 Å². The molecule has 1 aliphatic heterocycles. The SMILES string of the molecule is Cc1ccc(C(=O)c2ccccc2C(=O)OCC(=O)N2CCCC(C)C2)cc1C. The number of aryl methyl sites for hydroxylation is 2. The second kappa shape index (κ2) is 9.03. The van der Waals surface area contributed by atoms with Gasteiger partial charge in [-0.25, -0.2) is 4.79 Å². The zero-order valence-corrected chi connectivity index (χ0v) is 17.2. The zero-order valence-electron chi connectivity index (χ0n) is 17.2. The molecule has 5 nitrogen and oxygen atoms in total. The fraction of sp³-hybridized carbons (Fsp3) is 0.375. The number of hydrogen-bond donors (Lipinski definition) is 0. The lowest BCUT2D eigenvalue weighted by atomic mass is 9.96. The van der Waals surface area contributed by atoms with Crippen molar-refractivity contribution in [2.24, 2.45) is 5.92 Å². The van der Waals surface area contributed by atoms with Crippen molar-refractivity contribution in [1.29, 1.82) is 0 Å². The monoisotopic (exact) mass is 393 g/mol. The van der Waals surface area contributed by atoms with E-state index in [1.165, 1.54) is 0 Å². The van der Waals surface area contributed by atoms with Gasteiger partial charge in [0.2, 0.25) is 0 Å². The smallest absolute Gasteiger partial charge is 0.339 e. The Morgan fingerprint density at radius 3 is 2.45 bits per heavy atom. The van der Waals surface area contributed by atoms with Crippen LogP contribution in [0.3, 0.4) is 0 Å². The van der Waals surface area contributed by atoms with Crippen molar-refractivity contribution in [2.75, 3.05) is 19.7 Å². The van der Waals surface area contributed by atoms with E-state index in [0.29, 0.717) is 24.6 Å². The van der Waals surface area contributed by atoms with Gasteiger partial charge in [0.25, 0.3) is 5.91 Å². The Balaban J connectivity index is 1.72. The maximum absolute atomic E-state index is 13.0. The average molecular weight is 393 g/mol. The highest BCUT2D eigenvalue weighted by molar-refractivity contribution is 6.14.